The Hall–Kier alpha value is -0.580. The van der Waals surface area contributed by atoms with Crippen LogP contribution in [-0.2, 0) is 6.54 Å². The summed E-state index contributed by atoms with van der Waals surface area (Å²) in [5, 5.41) is 13.2. The molecule has 4 heteroatoms. The third-order valence-electron chi connectivity index (χ3n) is 2.98. The lowest BCUT2D eigenvalue weighted by molar-refractivity contribution is 0.287. The average molecular weight is 315 g/mol. The first-order valence-corrected chi connectivity index (χ1v) is 7.37. The Labute approximate surface area is 118 Å². The minimum atomic E-state index is 0.339. The van der Waals surface area contributed by atoms with Crippen molar-refractivity contribution in [1.29, 1.82) is 0 Å². The van der Waals surface area contributed by atoms with Crippen molar-refractivity contribution in [3.05, 3.63) is 28.2 Å². The van der Waals surface area contributed by atoms with Gasteiger partial charge in [-0.2, -0.15) is 0 Å². The highest BCUT2D eigenvalue weighted by Gasteiger charge is 2.04. The molecule has 0 amide bonds. The second-order valence-electron chi connectivity index (χ2n) is 4.36. The molecule has 2 N–H and O–H groups in total. The summed E-state index contributed by atoms with van der Waals surface area (Å²) in [5.74, 6) is 0.339. The first-order valence-electron chi connectivity index (χ1n) is 6.58. The van der Waals surface area contributed by atoms with Crippen molar-refractivity contribution in [1.82, 2.24) is 10.2 Å². The molecule has 0 radical (unpaired) electrons. The number of phenolic OH excluding ortho intramolecular Hbond substituents is 1. The highest BCUT2D eigenvalue weighted by molar-refractivity contribution is 9.10. The quantitative estimate of drug-likeness (QED) is 0.724. The van der Waals surface area contributed by atoms with Gasteiger partial charge in [0, 0.05) is 25.2 Å². The predicted molar refractivity (Wildman–Crippen MR) is 79.9 cm³/mol. The number of hydrogen-bond acceptors (Lipinski definition) is 3. The summed E-state index contributed by atoms with van der Waals surface area (Å²) in [6.07, 6.45) is 1.19. The van der Waals surface area contributed by atoms with Crippen molar-refractivity contribution < 1.29 is 5.11 Å². The van der Waals surface area contributed by atoms with Crippen LogP contribution in [0.2, 0.25) is 0 Å². The molecule has 0 fully saturated rings. The molecule has 0 aliphatic heterocycles. The first-order chi connectivity index (χ1) is 8.69. The number of nitrogens with zero attached hydrogens (tertiary/aromatic N) is 1. The molecule has 0 spiro atoms. The van der Waals surface area contributed by atoms with E-state index in [4.69, 9.17) is 0 Å². The predicted octanol–water partition coefficient (Wildman–Crippen LogP) is 2.98. The van der Waals surface area contributed by atoms with Gasteiger partial charge in [0.15, 0.2) is 0 Å². The van der Waals surface area contributed by atoms with Gasteiger partial charge in [0.2, 0.25) is 0 Å². The van der Waals surface area contributed by atoms with Gasteiger partial charge < -0.3 is 15.3 Å². The fraction of sp³-hybridized carbons (Fsp3) is 0.571. The topological polar surface area (TPSA) is 35.5 Å². The van der Waals surface area contributed by atoms with Crippen LogP contribution in [-0.4, -0.2) is 36.2 Å². The zero-order valence-corrected chi connectivity index (χ0v) is 12.8. The number of nitrogens with one attached hydrogen (secondary N) is 1. The van der Waals surface area contributed by atoms with E-state index < -0.39 is 0 Å². The smallest absolute Gasteiger partial charge is 0.134 e. The van der Waals surface area contributed by atoms with Gasteiger partial charge in [-0.25, -0.2) is 0 Å². The minimum Gasteiger partial charge on any atom is -0.506 e. The molecule has 0 saturated carbocycles. The molecule has 0 unspecified atom stereocenters. The fourth-order valence-electron chi connectivity index (χ4n) is 1.91. The van der Waals surface area contributed by atoms with E-state index in [-0.39, 0.29) is 0 Å². The van der Waals surface area contributed by atoms with Crippen LogP contribution in [0, 0.1) is 0 Å². The average Bonchev–Trinajstić information content (AvgIpc) is 2.38. The van der Waals surface area contributed by atoms with Crippen LogP contribution in [0.4, 0.5) is 0 Å². The van der Waals surface area contributed by atoms with Crippen molar-refractivity contribution in [2.75, 3.05) is 26.2 Å². The van der Waals surface area contributed by atoms with E-state index in [0.29, 0.717) is 12.3 Å². The molecular weight excluding hydrogens is 292 g/mol. The van der Waals surface area contributed by atoms with Crippen LogP contribution in [0.5, 0.6) is 5.75 Å². The monoisotopic (exact) mass is 314 g/mol. The molecule has 0 aliphatic rings. The second-order valence-corrected chi connectivity index (χ2v) is 5.21. The summed E-state index contributed by atoms with van der Waals surface area (Å²) in [5.41, 5.74) is 0.933. The van der Waals surface area contributed by atoms with Crippen molar-refractivity contribution in [3.63, 3.8) is 0 Å². The summed E-state index contributed by atoms with van der Waals surface area (Å²) in [6.45, 7) is 9.34. The maximum absolute atomic E-state index is 9.84. The van der Waals surface area contributed by atoms with E-state index in [1.54, 1.807) is 0 Å². The summed E-state index contributed by atoms with van der Waals surface area (Å²) in [7, 11) is 0. The SMILES string of the molecule is CCCN(CC)CCNCc1cccc(Br)c1O. The maximum Gasteiger partial charge on any atom is 0.134 e. The molecular formula is C14H23BrN2O. The van der Waals surface area contributed by atoms with Gasteiger partial charge >= 0.3 is 0 Å². The van der Waals surface area contributed by atoms with Crippen molar-refractivity contribution in [2.45, 2.75) is 26.8 Å². The Morgan fingerprint density at radius 1 is 1.28 bits per heavy atom. The van der Waals surface area contributed by atoms with Crippen molar-refractivity contribution >= 4 is 15.9 Å². The highest BCUT2D eigenvalue weighted by Crippen LogP contribution is 2.26. The van der Waals surface area contributed by atoms with Crippen LogP contribution >= 0.6 is 15.9 Å². The molecule has 18 heavy (non-hydrogen) atoms. The Balaban J connectivity index is 2.31. The number of aromatic hydroxyl groups is 1. The largest absolute Gasteiger partial charge is 0.506 e. The van der Waals surface area contributed by atoms with Crippen LogP contribution in [0.25, 0.3) is 0 Å². The third kappa shape index (κ3) is 4.96. The van der Waals surface area contributed by atoms with Gasteiger partial charge in [0.25, 0.3) is 0 Å². The van der Waals surface area contributed by atoms with Crippen LogP contribution < -0.4 is 5.32 Å². The van der Waals surface area contributed by atoms with E-state index in [9.17, 15) is 5.11 Å². The summed E-state index contributed by atoms with van der Waals surface area (Å²) < 4.78 is 0.753. The molecule has 0 atom stereocenters. The summed E-state index contributed by atoms with van der Waals surface area (Å²) in [4.78, 5) is 2.42. The molecule has 1 rings (SSSR count). The number of likely N-dealkylation sites (N-methyl/N-ethyl adjacent to an activating group) is 1. The van der Waals surface area contributed by atoms with Crippen LogP contribution in [0.1, 0.15) is 25.8 Å². The van der Waals surface area contributed by atoms with Gasteiger partial charge in [0.05, 0.1) is 4.47 Å². The zero-order chi connectivity index (χ0) is 13.4. The zero-order valence-electron chi connectivity index (χ0n) is 11.2. The molecule has 0 aliphatic carbocycles. The highest BCUT2D eigenvalue weighted by atomic mass is 79.9. The van der Waals surface area contributed by atoms with E-state index in [1.807, 2.05) is 18.2 Å². The van der Waals surface area contributed by atoms with Gasteiger partial charge in [-0.3, -0.25) is 0 Å². The van der Waals surface area contributed by atoms with E-state index in [1.165, 1.54) is 6.42 Å². The van der Waals surface area contributed by atoms with Gasteiger partial charge in [0.1, 0.15) is 5.75 Å². The molecule has 0 saturated heterocycles. The van der Waals surface area contributed by atoms with Gasteiger partial charge in [-0.15, -0.1) is 0 Å². The van der Waals surface area contributed by atoms with E-state index in [0.717, 1.165) is 36.2 Å². The number of para-hydroxylation sites is 1. The standard InChI is InChI=1S/C14H23BrN2O/c1-3-9-17(4-2)10-8-16-11-12-6-5-7-13(15)14(12)18/h5-7,16,18H,3-4,8-11H2,1-2H3. The Morgan fingerprint density at radius 2 is 2.06 bits per heavy atom. The van der Waals surface area contributed by atoms with Crippen molar-refractivity contribution in [2.24, 2.45) is 0 Å². The maximum atomic E-state index is 9.84. The summed E-state index contributed by atoms with van der Waals surface area (Å²) in [6, 6.07) is 5.73. The molecule has 1 aromatic rings. The molecule has 0 aromatic heterocycles. The number of benzene rings is 1. The first kappa shape index (κ1) is 15.5. The third-order valence-corrected chi connectivity index (χ3v) is 3.62. The molecule has 3 nitrogen and oxygen atoms in total. The molecule has 0 bridgehead atoms. The van der Waals surface area contributed by atoms with Crippen LogP contribution in [0.15, 0.2) is 22.7 Å². The second kappa shape index (κ2) is 8.51. The van der Waals surface area contributed by atoms with E-state index >= 15 is 0 Å². The number of halogens is 1. The summed E-state index contributed by atoms with van der Waals surface area (Å²) >= 11 is 3.32. The van der Waals surface area contributed by atoms with Gasteiger partial charge in [-0.1, -0.05) is 26.0 Å². The minimum absolute atomic E-state index is 0.339. The molecule has 1 aromatic carbocycles. The van der Waals surface area contributed by atoms with Crippen LogP contribution in [0.3, 0.4) is 0 Å². The van der Waals surface area contributed by atoms with E-state index in [2.05, 4.69) is 40.0 Å². The van der Waals surface area contributed by atoms with Gasteiger partial charge in [-0.05, 0) is 41.5 Å². The normalized spacial score (nSPS) is 11.1. The molecule has 0 heterocycles. The lowest BCUT2D eigenvalue weighted by Crippen LogP contribution is -2.32. The Kier molecular flexibility index (Phi) is 7.32. The number of phenols is 1. The Morgan fingerprint density at radius 3 is 2.72 bits per heavy atom. The fourth-order valence-corrected chi connectivity index (χ4v) is 2.31. The number of rotatable bonds is 8. The van der Waals surface area contributed by atoms with Crippen molar-refractivity contribution in [3.8, 4) is 5.75 Å². The Bertz CT molecular complexity index is 358. The lowest BCUT2D eigenvalue weighted by Gasteiger charge is -2.19. The molecule has 102 valence electrons. The number of hydrogen-bond donors (Lipinski definition) is 2. The lowest BCUT2D eigenvalue weighted by atomic mass is 10.2.